The lowest BCUT2D eigenvalue weighted by Gasteiger charge is -2.30. The minimum Gasteiger partial charge on any atom is -0.375 e. The van der Waals surface area contributed by atoms with E-state index in [1.165, 1.54) is 12.8 Å². The first kappa shape index (κ1) is 19.9. The predicted octanol–water partition coefficient (Wildman–Crippen LogP) is 0.806. The van der Waals surface area contributed by atoms with Crippen LogP contribution in [0, 0.1) is 0 Å². The number of amides is 1. The Morgan fingerprint density at radius 3 is 2.65 bits per heavy atom. The maximum absolute atomic E-state index is 12.0. The first-order valence-electron chi connectivity index (χ1n) is 6.94. The maximum Gasteiger partial charge on any atom is 0.239 e. The molecule has 1 heterocycles. The predicted molar refractivity (Wildman–Crippen MR) is 85.0 cm³/mol. The molecule has 120 valence electrons. The monoisotopic (exact) mass is 327 g/mol. The SMILES string of the molecule is CC(CNC(=O)[C@H]1NCCO[C@@H]1C)N(C)C1CC1.Cl.Cl. The van der Waals surface area contributed by atoms with Crippen LogP contribution in [0.25, 0.3) is 0 Å². The summed E-state index contributed by atoms with van der Waals surface area (Å²) in [6, 6.07) is 0.908. The molecule has 7 heteroatoms. The van der Waals surface area contributed by atoms with E-state index in [2.05, 4.69) is 29.5 Å². The van der Waals surface area contributed by atoms with E-state index < -0.39 is 0 Å². The number of rotatable bonds is 5. The lowest BCUT2D eigenvalue weighted by atomic mass is 10.1. The number of nitrogens with zero attached hydrogens (tertiary/aromatic N) is 1. The lowest BCUT2D eigenvalue weighted by Crippen LogP contribution is -2.56. The standard InChI is InChI=1S/C13H25N3O2.2ClH/c1-9(16(3)11-4-5-11)8-15-13(17)12-10(2)18-7-6-14-12;;/h9-12,14H,4-8H2,1-3H3,(H,15,17);2*1H/t9?,10-,12+;;/m1../s1. The van der Waals surface area contributed by atoms with Crippen molar-refractivity contribution in [2.75, 3.05) is 26.7 Å². The van der Waals surface area contributed by atoms with Gasteiger partial charge in [-0.25, -0.2) is 0 Å². The van der Waals surface area contributed by atoms with Crippen molar-refractivity contribution in [3.63, 3.8) is 0 Å². The average molecular weight is 328 g/mol. The summed E-state index contributed by atoms with van der Waals surface area (Å²) in [5.74, 6) is 0.0539. The molecule has 1 amide bonds. The summed E-state index contributed by atoms with van der Waals surface area (Å²) in [6.45, 7) is 6.24. The van der Waals surface area contributed by atoms with Gasteiger partial charge in [-0.2, -0.15) is 0 Å². The number of halogens is 2. The van der Waals surface area contributed by atoms with Crippen LogP contribution in [0.1, 0.15) is 26.7 Å². The van der Waals surface area contributed by atoms with Gasteiger partial charge in [0.1, 0.15) is 6.04 Å². The summed E-state index contributed by atoms with van der Waals surface area (Å²) < 4.78 is 5.48. The molecule has 5 nitrogen and oxygen atoms in total. The third kappa shape index (κ3) is 5.37. The molecule has 2 rings (SSSR count). The highest BCUT2D eigenvalue weighted by atomic mass is 35.5. The Kier molecular flexibility index (Phi) is 9.02. The summed E-state index contributed by atoms with van der Waals surface area (Å²) in [4.78, 5) is 14.4. The second-order valence-corrected chi connectivity index (χ2v) is 5.50. The molecular weight excluding hydrogens is 301 g/mol. The van der Waals surface area contributed by atoms with Crippen molar-refractivity contribution in [1.29, 1.82) is 0 Å². The Balaban J connectivity index is 0.00000180. The quantitative estimate of drug-likeness (QED) is 0.784. The zero-order valence-corrected chi connectivity index (χ0v) is 14.1. The van der Waals surface area contributed by atoms with Gasteiger partial charge < -0.3 is 15.4 Å². The molecule has 1 saturated heterocycles. The fourth-order valence-electron chi connectivity index (χ4n) is 2.37. The number of morpholine rings is 1. The van der Waals surface area contributed by atoms with Gasteiger partial charge in [0.25, 0.3) is 0 Å². The van der Waals surface area contributed by atoms with Crippen LogP contribution in [0.15, 0.2) is 0 Å². The van der Waals surface area contributed by atoms with Crippen LogP contribution in [0.3, 0.4) is 0 Å². The Morgan fingerprint density at radius 1 is 1.45 bits per heavy atom. The molecule has 3 atom stereocenters. The molecule has 0 aromatic heterocycles. The van der Waals surface area contributed by atoms with E-state index in [1.54, 1.807) is 0 Å². The molecule has 1 saturated carbocycles. The van der Waals surface area contributed by atoms with E-state index in [1.807, 2.05) is 6.92 Å². The molecule has 0 bridgehead atoms. The van der Waals surface area contributed by atoms with Gasteiger partial charge in [0, 0.05) is 25.2 Å². The number of carbonyl (C=O) groups is 1. The molecule has 0 spiro atoms. The number of hydrogen-bond donors (Lipinski definition) is 2. The van der Waals surface area contributed by atoms with E-state index >= 15 is 0 Å². The lowest BCUT2D eigenvalue weighted by molar-refractivity contribution is -0.129. The van der Waals surface area contributed by atoms with Gasteiger partial charge in [-0.15, -0.1) is 24.8 Å². The Morgan fingerprint density at radius 2 is 2.10 bits per heavy atom. The van der Waals surface area contributed by atoms with E-state index in [0.29, 0.717) is 19.2 Å². The van der Waals surface area contributed by atoms with E-state index in [-0.39, 0.29) is 42.9 Å². The molecule has 1 unspecified atom stereocenters. The number of hydrogen-bond acceptors (Lipinski definition) is 4. The van der Waals surface area contributed by atoms with Crippen LogP contribution < -0.4 is 10.6 Å². The van der Waals surface area contributed by atoms with Gasteiger partial charge in [-0.05, 0) is 33.7 Å². The smallest absolute Gasteiger partial charge is 0.239 e. The van der Waals surface area contributed by atoms with Crippen molar-refractivity contribution in [2.24, 2.45) is 0 Å². The number of likely N-dealkylation sites (N-methyl/N-ethyl adjacent to an activating group) is 1. The molecule has 1 aliphatic heterocycles. The Labute approximate surface area is 134 Å². The van der Waals surface area contributed by atoms with Crippen LogP contribution in [-0.4, -0.2) is 61.8 Å². The molecule has 2 fully saturated rings. The van der Waals surface area contributed by atoms with Gasteiger partial charge in [0.15, 0.2) is 0 Å². The number of nitrogens with one attached hydrogen (secondary N) is 2. The molecule has 2 aliphatic rings. The van der Waals surface area contributed by atoms with Gasteiger partial charge in [0.2, 0.25) is 5.91 Å². The Hall–Kier alpha value is -0.0700. The summed E-state index contributed by atoms with van der Waals surface area (Å²) in [5.41, 5.74) is 0. The topological polar surface area (TPSA) is 53.6 Å². The number of ether oxygens (including phenoxy) is 1. The number of carbonyl (C=O) groups excluding carboxylic acids is 1. The summed E-state index contributed by atoms with van der Waals surface area (Å²) in [6.07, 6.45) is 2.54. The fraction of sp³-hybridized carbons (Fsp3) is 0.923. The van der Waals surface area contributed by atoms with E-state index in [4.69, 9.17) is 4.74 Å². The van der Waals surface area contributed by atoms with Crippen LogP contribution in [0.5, 0.6) is 0 Å². The van der Waals surface area contributed by atoms with Gasteiger partial charge in [0.05, 0.1) is 12.7 Å². The molecule has 20 heavy (non-hydrogen) atoms. The minimum atomic E-state index is -0.211. The van der Waals surface area contributed by atoms with Crippen molar-refractivity contribution in [3.05, 3.63) is 0 Å². The van der Waals surface area contributed by atoms with Crippen molar-refractivity contribution in [3.8, 4) is 0 Å². The highest BCUT2D eigenvalue weighted by molar-refractivity contribution is 5.85. The summed E-state index contributed by atoms with van der Waals surface area (Å²) in [5, 5.41) is 6.23. The minimum absolute atomic E-state index is 0. The van der Waals surface area contributed by atoms with E-state index in [9.17, 15) is 4.79 Å². The molecule has 0 aromatic rings. The molecule has 0 aromatic carbocycles. The van der Waals surface area contributed by atoms with Crippen LogP contribution in [-0.2, 0) is 9.53 Å². The second-order valence-electron chi connectivity index (χ2n) is 5.50. The van der Waals surface area contributed by atoms with Gasteiger partial charge in [-0.1, -0.05) is 0 Å². The molecule has 1 aliphatic carbocycles. The Bertz CT molecular complexity index is 303. The van der Waals surface area contributed by atoms with Crippen molar-refractivity contribution in [1.82, 2.24) is 15.5 Å². The fourth-order valence-corrected chi connectivity index (χ4v) is 2.37. The van der Waals surface area contributed by atoms with E-state index in [0.717, 1.165) is 12.6 Å². The highest BCUT2D eigenvalue weighted by Crippen LogP contribution is 2.26. The zero-order valence-electron chi connectivity index (χ0n) is 12.4. The first-order chi connectivity index (χ1) is 8.59. The van der Waals surface area contributed by atoms with Gasteiger partial charge >= 0.3 is 0 Å². The molecule has 2 N–H and O–H groups in total. The van der Waals surface area contributed by atoms with Gasteiger partial charge in [-0.3, -0.25) is 9.69 Å². The molecule has 0 radical (unpaired) electrons. The normalized spacial score (nSPS) is 27.2. The van der Waals surface area contributed by atoms with Crippen molar-refractivity contribution in [2.45, 2.75) is 50.9 Å². The first-order valence-corrected chi connectivity index (χ1v) is 6.94. The zero-order chi connectivity index (χ0) is 13.1. The third-order valence-corrected chi connectivity index (χ3v) is 3.99. The molecular formula is C13H27Cl2N3O2. The summed E-state index contributed by atoms with van der Waals surface area (Å²) >= 11 is 0. The van der Waals surface area contributed by atoms with Crippen LogP contribution >= 0.6 is 24.8 Å². The highest BCUT2D eigenvalue weighted by Gasteiger charge is 2.31. The van der Waals surface area contributed by atoms with Crippen molar-refractivity contribution >= 4 is 30.7 Å². The van der Waals surface area contributed by atoms with Crippen molar-refractivity contribution < 1.29 is 9.53 Å². The third-order valence-electron chi connectivity index (χ3n) is 3.99. The average Bonchev–Trinajstić information content (AvgIpc) is 3.19. The largest absolute Gasteiger partial charge is 0.375 e. The summed E-state index contributed by atoms with van der Waals surface area (Å²) in [7, 11) is 2.14. The van der Waals surface area contributed by atoms with Crippen LogP contribution in [0.2, 0.25) is 0 Å². The van der Waals surface area contributed by atoms with Crippen LogP contribution in [0.4, 0.5) is 0 Å². The maximum atomic E-state index is 12.0. The second kappa shape index (κ2) is 9.05.